The van der Waals surface area contributed by atoms with Gasteiger partial charge < -0.3 is 14.8 Å². The molecule has 0 fully saturated rings. The van der Waals surface area contributed by atoms with E-state index in [1.165, 1.54) is 43.5 Å². The Labute approximate surface area is 181 Å². The van der Waals surface area contributed by atoms with E-state index >= 15 is 0 Å². The molecule has 2 heterocycles. The van der Waals surface area contributed by atoms with Gasteiger partial charge in [0.1, 0.15) is 6.61 Å². The second kappa shape index (κ2) is 9.32. The van der Waals surface area contributed by atoms with Crippen molar-refractivity contribution in [1.82, 2.24) is 15.2 Å². The lowest BCUT2D eigenvalue weighted by atomic mass is 10.1. The molecule has 0 unspecified atom stereocenters. The van der Waals surface area contributed by atoms with E-state index < -0.39 is 11.8 Å². The minimum atomic E-state index is -2.91. The summed E-state index contributed by atoms with van der Waals surface area (Å²) in [6, 6.07) is 6.97. The van der Waals surface area contributed by atoms with Crippen molar-refractivity contribution in [3.63, 3.8) is 0 Å². The summed E-state index contributed by atoms with van der Waals surface area (Å²) in [6.45, 7) is 2.69. The highest BCUT2D eigenvalue weighted by molar-refractivity contribution is 6.32. The zero-order chi connectivity index (χ0) is 22.6. The maximum atomic E-state index is 13.7. The van der Waals surface area contributed by atoms with E-state index in [4.69, 9.17) is 21.1 Å². The molecule has 10 heteroatoms. The van der Waals surface area contributed by atoms with Crippen LogP contribution in [0.3, 0.4) is 0 Å². The first kappa shape index (κ1) is 22.5. The number of aromatic nitrogens is 3. The average Bonchev–Trinajstić information content (AvgIpc) is 3.23. The van der Waals surface area contributed by atoms with Crippen molar-refractivity contribution in [2.24, 2.45) is 0 Å². The van der Waals surface area contributed by atoms with E-state index in [1.807, 2.05) is 0 Å². The van der Waals surface area contributed by atoms with Crippen LogP contribution in [0.4, 0.5) is 14.5 Å². The topological polar surface area (TPSA) is 101 Å². The van der Waals surface area contributed by atoms with E-state index in [2.05, 4.69) is 20.5 Å². The van der Waals surface area contributed by atoms with Crippen molar-refractivity contribution in [3.8, 4) is 11.5 Å². The van der Waals surface area contributed by atoms with Crippen molar-refractivity contribution >= 4 is 28.8 Å². The lowest BCUT2D eigenvalue weighted by Gasteiger charge is -2.14. The normalized spacial score (nSPS) is 12.1. The van der Waals surface area contributed by atoms with E-state index in [9.17, 15) is 13.6 Å². The van der Waals surface area contributed by atoms with Crippen LogP contribution in [-0.4, -0.2) is 26.2 Å². The van der Waals surface area contributed by atoms with E-state index in [-0.39, 0.29) is 35.4 Å². The van der Waals surface area contributed by atoms with Crippen molar-refractivity contribution in [1.29, 1.82) is 0 Å². The maximum absolute atomic E-state index is 13.7. The number of hydrogen-bond donors (Lipinski definition) is 2. The zero-order valence-electron chi connectivity index (χ0n) is 16.7. The molecule has 0 aliphatic carbocycles. The first-order valence-electron chi connectivity index (χ1n) is 9.30. The number of benzene rings is 1. The molecule has 0 radical (unpaired) electrons. The first-order valence-corrected chi connectivity index (χ1v) is 9.68. The molecule has 0 saturated carbocycles. The van der Waals surface area contributed by atoms with Crippen LogP contribution in [0.1, 0.15) is 37.4 Å². The lowest BCUT2D eigenvalue weighted by Crippen LogP contribution is -2.12. The number of hydrogen-bond acceptors (Lipinski definition) is 6. The fraction of sp³-hybridized carbons (Fsp3) is 0.238. The summed E-state index contributed by atoms with van der Waals surface area (Å²) in [6.07, 6.45) is 2.46. The van der Waals surface area contributed by atoms with E-state index in [0.717, 1.165) is 0 Å². The van der Waals surface area contributed by atoms with Gasteiger partial charge in [0.2, 0.25) is 17.7 Å². The fourth-order valence-corrected chi connectivity index (χ4v) is 3.04. The molecule has 0 atom stereocenters. The van der Waals surface area contributed by atoms with Gasteiger partial charge in [-0.25, -0.2) is 8.78 Å². The first-order chi connectivity index (χ1) is 14.7. The van der Waals surface area contributed by atoms with Crippen molar-refractivity contribution in [2.45, 2.75) is 32.8 Å². The van der Waals surface area contributed by atoms with Crippen LogP contribution < -0.4 is 5.32 Å². The Morgan fingerprint density at radius 3 is 2.58 bits per heavy atom. The quantitative estimate of drug-likeness (QED) is 0.502. The SMILES string of the molecule is CCC(F)(F)c1ccc(NC(=O)/C=C(\C)c2ncc(-c3nnc(CO)o3)cc2Cl)cc1. The van der Waals surface area contributed by atoms with Gasteiger partial charge in [-0.1, -0.05) is 30.7 Å². The molecule has 2 aromatic heterocycles. The predicted octanol–water partition coefficient (Wildman–Crippen LogP) is 4.82. The van der Waals surface area contributed by atoms with Gasteiger partial charge in [-0.3, -0.25) is 9.78 Å². The summed E-state index contributed by atoms with van der Waals surface area (Å²) >= 11 is 6.29. The maximum Gasteiger partial charge on any atom is 0.273 e. The van der Waals surface area contributed by atoms with Crippen molar-refractivity contribution in [3.05, 3.63) is 64.8 Å². The van der Waals surface area contributed by atoms with Crippen LogP contribution in [0.25, 0.3) is 17.0 Å². The Bertz CT molecular complexity index is 1110. The zero-order valence-corrected chi connectivity index (χ0v) is 17.5. The van der Waals surface area contributed by atoms with Gasteiger partial charge >= 0.3 is 0 Å². The largest absolute Gasteiger partial charge is 0.418 e. The molecular weight excluding hydrogens is 430 g/mol. The number of aliphatic hydroxyl groups excluding tert-OH is 1. The molecule has 2 N–H and O–H groups in total. The van der Waals surface area contributed by atoms with Crippen molar-refractivity contribution < 1.29 is 23.1 Å². The van der Waals surface area contributed by atoms with Crippen LogP contribution in [0.2, 0.25) is 5.02 Å². The van der Waals surface area contributed by atoms with Gasteiger partial charge in [0.25, 0.3) is 5.92 Å². The minimum Gasteiger partial charge on any atom is -0.418 e. The van der Waals surface area contributed by atoms with Gasteiger partial charge in [0, 0.05) is 29.9 Å². The molecule has 31 heavy (non-hydrogen) atoms. The standard InChI is InChI=1S/C21H19ClF2N4O3/c1-3-21(23,24)14-4-6-15(7-5-14)26-17(30)8-12(2)19-16(22)9-13(10-25-19)20-28-27-18(11-29)31-20/h4-10,29H,3,11H2,1-2H3,(H,26,30)/b12-8+. The second-order valence-corrected chi connectivity index (χ2v) is 7.07. The van der Waals surface area contributed by atoms with Crippen LogP contribution in [-0.2, 0) is 17.3 Å². The smallest absolute Gasteiger partial charge is 0.273 e. The number of carbonyl (C=O) groups is 1. The number of anilines is 1. The molecular formula is C21H19ClF2N4O3. The summed E-state index contributed by atoms with van der Waals surface area (Å²) in [5, 5.41) is 19.3. The molecule has 0 saturated heterocycles. The molecule has 0 aliphatic heterocycles. The summed E-state index contributed by atoms with van der Waals surface area (Å²) in [5.74, 6) is -3.15. The van der Waals surface area contributed by atoms with Gasteiger partial charge in [-0.2, -0.15) is 0 Å². The summed E-state index contributed by atoms with van der Waals surface area (Å²) in [7, 11) is 0. The number of nitrogens with one attached hydrogen (secondary N) is 1. The number of carbonyl (C=O) groups excluding carboxylic acids is 1. The molecule has 0 bridgehead atoms. The van der Waals surface area contributed by atoms with Gasteiger partial charge in [-0.15, -0.1) is 10.2 Å². The number of aliphatic hydroxyl groups is 1. The highest BCUT2D eigenvalue weighted by atomic mass is 35.5. The van der Waals surface area contributed by atoms with E-state index in [1.54, 1.807) is 13.0 Å². The van der Waals surface area contributed by atoms with Crippen LogP contribution in [0.15, 0.2) is 47.0 Å². The fourth-order valence-electron chi connectivity index (χ4n) is 2.72. The molecule has 162 valence electrons. The Balaban J connectivity index is 1.72. The molecule has 3 aromatic rings. The van der Waals surface area contributed by atoms with Gasteiger partial charge in [0.05, 0.1) is 16.3 Å². The lowest BCUT2D eigenvalue weighted by molar-refractivity contribution is -0.111. The molecule has 1 aromatic carbocycles. The molecule has 0 spiro atoms. The molecule has 7 nitrogen and oxygen atoms in total. The number of rotatable bonds is 7. The van der Waals surface area contributed by atoms with Crippen LogP contribution >= 0.6 is 11.6 Å². The molecule has 3 rings (SSSR count). The number of alkyl halides is 2. The Hall–Kier alpha value is -3.17. The summed E-state index contributed by atoms with van der Waals surface area (Å²) in [4.78, 5) is 16.6. The van der Waals surface area contributed by atoms with Crippen LogP contribution in [0.5, 0.6) is 0 Å². The highest BCUT2D eigenvalue weighted by Gasteiger charge is 2.28. The number of allylic oxidation sites excluding steroid dienone is 1. The van der Waals surface area contributed by atoms with Gasteiger partial charge in [-0.05, 0) is 30.7 Å². The van der Waals surface area contributed by atoms with E-state index in [0.29, 0.717) is 22.5 Å². The summed E-state index contributed by atoms with van der Waals surface area (Å²) in [5.41, 5.74) is 1.60. The predicted molar refractivity (Wildman–Crippen MR) is 111 cm³/mol. The minimum absolute atomic E-state index is 0.0643. The summed E-state index contributed by atoms with van der Waals surface area (Å²) < 4.78 is 32.6. The third kappa shape index (κ3) is 5.31. The van der Waals surface area contributed by atoms with Crippen molar-refractivity contribution in [2.75, 3.05) is 5.32 Å². The number of pyridine rings is 1. The average molecular weight is 449 g/mol. The molecule has 0 aliphatic rings. The Morgan fingerprint density at radius 2 is 2.00 bits per heavy atom. The number of nitrogens with zero attached hydrogens (tertiary/aromatic N) is 3. The van der Waals surface area contributed by atoms with Gasteiger partial charge in [0.15, 0.2) is 0 Å². The molecule has 1 amide bonds. The second-order valence-electron chi connectivity index (χ2n) is 6.67. The third-order valence-corrected chi connectivity index (χ3v) is 4.72. The third-order valence-electron chi connectivity index (χ3n) is 4.43. The Kier molecular flexibility index (Phi) is 6.77. The van der Waals surface area contributed by atoms with Crippen LogP contribution in [0, 0.1) is 0 Å². The Morgan fingerprint density at radius 1 is 1.29 bits per heavy atom. The highest BCUT2D eigenvalue weighted by Crippen LogP contribution is 2.32. The number of amides is 1. The monoisotopic (exact) mass is 448 g/mol. The number of halogens is 3.